The lowest BCUT2D eigenvalue weighted by molar-refractivity contribution is 0.864. The minimum atomic E-state index is -0.234. The summed E-state index contributed by atoms with van der Waals surface area (Å²) in [4.78, 5) is 0. The number of anilines is 1. The maximum absolute atomic E-state index is 9.40. The minimum absolute atomic E-state index is 0.234. The molecule has 0 aliphatic rings. The molecule has 0 saturated heterocycles. The van der Waals surface area contributed by atoms with Crippen LogP contribution in [0.25, 0.3) is 0 Å². The number of hydrogen-bond donors (Lipinski definition) is 1. The zero-order chi connectivity index (χ0) is 13.8. The van der Waals surface area contributed by atoms with Gasteiger partial charge in [-0.2, -0.15) is 5.26 Å². The summed E-state index contributed by atoms with van der Waals surface area (Å²) in [6.45, 7) is 4.33. The van der Waals surface area contributed by atoms with E-state index in [-0.39, 0.29) is 5.92 Å². The molecule has 2 N–H and O–H groups in total. The fourth-order valence-electron chi connectivity index (χ4n) is 2.10. The molecule has 2 nitrogen and oxygen atoms in total. The first-order chi connectivity index (χ1) is 9.11. The largest absolute Gasteiger partial charge is 0.399 e. The van der Waals surface area contributed by atoms with Crippen molar-refractivity contribution in [3.05, 3.63) is 65.2 Å². The third-order valence-corrected chi connectivity index (χ3v) is 3.34. The topological polar surface area (TPSA) is 49.8 Å². The highest BCUT2D eigenvalue weighted by atomic mass is 14.5. The van der Waals surface area contributed by atoms with Crippen LogP contribution in [-0.4, -0.2) is 0 Å². The van der Waals surface area contributed by atoms with Crippen LogP contribution in [0.3, 0.4) is 0 Å². The van der Waals surface area contributed by atoms with Crippen molar-refractivity contribution in [2.75, 3.05) is 5.73 Å². The highest BCUT2D eigenvalue weighted by Gasteiger charge is 2.13. The van der Waals surface area contributed by atoms with E-state index in [2.05, 4.69) is 32.0 Å². The molecular weight excluding hydrogens is 232 g/mol. The molecule has 0 aliphatic carbocycles. The maximum atomic E-state index is 9.40. The molecule has 1 unspecified atom stereocenters. The van der Waals surface area contributed by atoms with Gasteiger partial charge in [0.25, 0.3) is 0 Å². The van der Waals surface area contributed by atoms with Crippen molar-refractivity contribution >= 4 is 5.69 Å². The second kappa shape index (κ2) is 5.58. The number of hydrogen-bond acceptors (Lipinski definition) is 2. The third kappa shape index (κ3) is 2.95. The lowest BCUT2D eigenvalue weighted by Gasteiger charge is -2.12. The zero-order valence-corrected chi connectivity index (χ0v) is 11.3. The van der Waals surface area contributed by atoms with E-state index in [1.165, 1.54) is 5.56 Å². The van der Waals surface area contributed by atoms with Gasteiger partial charge in [0.15, 0.2) is 0 Å². The van der Waals surface area contributed by atoms with Gasteiger partial charge in [-0.1, -0.05) is 50.2 Å². The van der Waals surface area contributed by atoms with Gasteiger partial charge in [0.05, 0.1) is 12.0 Å². The maximum Gasteiger partial charge on any atom is 0.0962 e. The van der Waals surface area contributed by atoms with Crippen LogP contribution in [0.1, 0.15) is 42.4 Å². The van der Waals surface area contributed by atoms with Crippen molar-refractivity contribution in [2.24, 2.45) is 0 Å². The van der Waals surface area contributed by atoms with Gasteiger partial charge in [0.2, 0.25) is 0 Å². The molecule has 0 aliphatic heterocycles. The first kappa shape index (κ1) is 13.2. The minimum Gasteiger partial charge on any atom is -0.399 e. The summed E-state index contributed by atoms with van der Waals surface area (Å²) in [5.74, 6) is 0.271. The summed E-state index contributed by atoms with van der Waals surface area (Å²) in [6, 6.07) is 18.1. The molecule has 2 heteroatoms. The smallest absolute Gasteiger partial charge is 0.0962 e. The van der Waals surface area contributed by atoms with Gasteiger partial charge in [0, 0.05) is 5.69 Å². The molecule has 0 spiro atoms. The van der Waals surface area contributed by atoms with E-state index < -0.39 is 0 Å². The molecule has 0 aromatic heterocycles. The third-order valence-electron chi connectivity index (χ3n) is 3.34. The Morgan fingerprint density at radius 2 is 1.26 bits per heavy atom. The monoisotopic (exact) mass is 250 g/mol. The van der Waals surface area contributed by atoms with E-state index in [0.29, 0.717) is 5.92 Å². The lowest BCUT2D eigenvalue weighted by atomic mass is 9.91. The molecule has 2 aromatic rings. The van der Waals surface area contributed by atoms with E-state index in [1.807, 2.05) is 36.4 Å². The van der Waals surface area contributed by atoms with Crippen LogP contribution in [0.15, 0.2) is 48.5 Å². The molecule has 0 saturated carbocycles. The quantitative estimate of drug-likeness (QED) is 0.835. The van der Waals surface area contributed by atoms with Crippen LogP contribution in [0.4, 0.5) is 5.69 Å². The number of nitriles is 1. The summed E-state index contributed by atoms with van der Waals surface area (Å²) < 4.78 is 0. The summed E-state index contributed by atoms with van der Waals surface area (Å²) >= 11 is 0. The molecule has 2 aromatic carbocycles. The van der Waals surface area contributed by atoms with Crippen LogP contribution in [0.2, 0.25) is 0 Å². The Balaban J connectivity index is 2.32. The van der Waals surface area contributed by atoms with Gasteiger partial charge in [-0.05, 0) is 34.7 Å². The normalized spacial score (nSPS) is 12.1. The average molecular weight is 250 g/mol. The van der Waals surface area contributed by atoms with Crippen molar-refractivity contribution in [1.82, 2.24) is 0 Å². The van der Waals surface area contributed by atoms with E-state index >= 15 is 0 Å². The predicted molar refractivity (Wildman–Crippen MR) is 78.8 cm³/mol. The van der Waals surface area contributed by atoms with Gasteiger partial charge in [-0.3, -0.25) is 0 Å². The summed E-state index contributed by atoms with van der Waals surface area (Å²) in [7, 11) is 0. The van der Waals surface area contributed by atoms with Crippen molar-refractivity contribution in [2.45, 2.75) is 25.7 Å². The van der Waals surface area contributed by atoms with Crippen molar-refractivity contribution < 1.29 is 0 Å². The molecule has 0 amide bonds. The lowest BCUT2D eigenvalue weighted by Crippen LogP contribution is -1.99. The van der Waals surface area contributed by atoms with Crippen LogP contribution in [0.5, 0.6) is 0 Å². The van der Waals surface area contributed by atoms with Crippen LogP contribution < -0.4 is 5.73 Å². The number of benzene rings is 2. The molecule has 0 fully saturated rings. The number of rotatable bonds is 3. The Morgan fingerprint density at radius 3 is 1.68 bits per heavy atom. The predicted octanol–water partition coefficient (Wildman–Crippen LogP) is 4.05. The van der Waals surface area contributed by atoms with Crippen LogP contribution in [-0.2, 0) is 0 Å². The van der Waals surface area contributed by atoms with Crippen LogP contribution >= 0.6 is 0 Å². The van der Waals surface area contributed by atoms with E-state index in [9.17, 15) is 5.26 Å². The second-order valence-electron chi connectivity index (χ2n) is 5.05. The second-order valence-corrected chi connectivity index (χ2v) is 5.05. The molecule has 19 heavy (non-hydrogen) atoms. The van der Waals surface area contributed by atoms with E-state index in [0.717, 1.165) is 16.8 Å². The Kier molecular flexibility index (Phi) is 3.87. The van der Waals surface area contributed by atoms with Gasteiger partial charge < -0.3 is 5.73 Å². The van der Waals surface area contributed by atoms with Crippen molar-refractivity contribution in [3.8, 4) is 6.07 Å². The fourth-order valence-corrected chi connectivity index (χ4v) is 2.10. The van der Waals surface area contributed by atoms with E-state index in [4.69, 9.17) is 5.73 Å². The molecule has 0 bridgehead atoms. The fraction of sp³-hybridized carbons (Fsp3) is 0.235. The first-order valence-corrected chi connectivity index (χ1v) is 6.46. The van der Waals surface area contributed by atoms with Crippen molar-refractivity contribution in [3.63, 3.8) is 0 Å². The zero-order valence-electron chi connectivity index (χ0n) is 11.3. The first-order valence-electron chi connectivity index (χ1n) is 6.46. The SMILES string of the molecule is CC(C)c1ccc(C(C#N)c2ccc(N)cc2)cc1. The number of nitrogens with zero attached hydrogens (tertiary/aromatic N) is 1. The Bertz CT molecular complexity index is 574. The number of nitrogen functional groups attached to an aromatic ring is 1. The van der Waals surface area contributed by atoms with Gasteiger partial charge >= 0.3 is 0 Å². The van der Waals surface area contributed by atoms with E-state index in [1.54, 1.807) is 0 Å². The number of nitrogens with two attached hydrogens (primary N) is 1. The molecule has 0 radical (unpaired) electrons. The molecular formula is C17H18N2. The Hall–Kier alpha value is -2.27. The standard InChI is InChI=1S/C17H18N2/c1-12(2)13-3-5-14(6-4-13)17(11-18)15-7-9-16(19)10-8-15/h3-10,12,17H,19H2,1-2H3. The molecule has 0 heterocycles. The van der Waals surface area contributed by atoms with Gasteiger partial charge in [-0.25, -0.2) is 0 Å². The summed E-state index contributed by atoms with van der Waals surface area (Å²) in [6.07, 6.45) is 0. The van der Waals surface area contributed by atoms with Crippen molar-refractivity contribution in [1.29, 1.82) is 5.26 Å². The van der Waals surface area contributed by atoms with Gasteiger partial charge in [-0.15, -0.1) is 0 Å². The Labute approximate surface area is 114 Å². The molecule has 96 valence electrons. The van der Waals surface area contributed by atoms with Gasteiger partial charge in [0.1, 0.15) is 0 Å². The molecule has 1 atom stereocenters. The highest BCUT2D eigenvalue weighted by Crippen LogP contribution is 2.26. The summed E-state index contributed by atoms with van der Waals surface area (Å²) in [5.41, 5.74) is 9.69. The van der Waals surface area contributed by atoms with Crippen LogP contribution in [0, 0.1) is 11.3 Å². The average Bonchev–Trinajstić information content (AvgIpc) is 2.42. The molecule has 2 rings (SSSR count). The highest BCUT2D eigenvalue weighted by molar-refractivity contribution is 5.45. The Morgan fingerprint density at radius 1 is 0.842 bits per heavy atom. The summed E-state index contributed by atoms with van der Waals surface area (Å²) in [5, 5.41) is 9.40.